The molecule has 0 radical (unpaired) electrons. The van der Waals surface area contributed by atoms with Crippen molar-refractivity contribution in [2.45, 2.75) is 32.4 Å². The maximum absolute atomic E-state index is 12.1. The van der Waals surface area contributed by atoms with Gasteiger partial charge in [0.2, 0.25) is 0 Å². The minimum absolute atomic E-state index is 0.000648. The number of ketones is 1. The van der Waals surface area contributed by atoms with Gasteiger partial charge in [-0.3, -0.25) is 4.79 Å². The number of hydrogen-bond donors (Lipinski definition) is 1. The van der Waals surface area contributed by atoms with Crippen LogP contribution in [0.3, 0.4) is 0 Å². The van der Waals surface area contributed by atoms with Gasteiger partial charge >= 0.3 is 0 Å². The summed E-state index contributed by atoms with van der Waals surface area (Å²) >= 11 is 0. The molecule has 16 heavy (non-hydrogen) atoms. The van der Waals surface area contributed by atoms with E-state index in [0.717, 1.165) is 0 Å². The topological polar surface area (TPSA) is 40.3 Å². The zero-order chi connectivity index (χ0) is 11.9. The van der Waals surface area contributed by atoms with Crippen molar-refractivity contribution in [1.82, 2.24) is 5.06 Å². The molecule has 0 aromatic heterocycles. The first-order valence-corrected chi connectivity index (χ1v) is 5.57. The van der Waals surface area contributed by atoms with Gasteiger partial charge in [0.05, 0.1) is 5.54 Å². The van der Waals surface area contributed by atoms with Gasteiger partial charge < -0.3 is 5.21 Å². The molecule has 1 N–H and O–H groups in total. The molecule has 0 amide bonds. The number of nitrogens with zero attached hydrogens (tertiary/aromatic N) is 1. The predicted molar refractivity (Wildman–Crippen MR) is 61.4 cm³/mol. The molecule has 1 aliphatic rings. The Kier molecular flexibility index (Phi) is 2.60. The quantitative estimate of drug-likeness (QED) is 0.626. The number of carbonyl (C=O) groups excluding carboxylic acids is 1. The first-order chi connectivity index (χ1) is 7.49. The van der Waals surface area contributed by atoms with E-state index in [1.165, 1.54) is 5.06 Å². The van der Waals surface area contributed by atoms with E-state index in [-0.39, 0.29) is 11.7 Å². The van der Waals surface area contributed by atoms with Crippen molar-refractivity contribution >= 4 is 5.78 Å². The minimum atomic E-state index is -0.410. The molecule has 1 saturated heterocycles. The smallest absolute Gasteiger partial charge is 0.184 e. The van der Waals surface area contributed by atoms with E-state index < -0.39 is 11.6 Å². The lowest BCUT2D eigenvalue weighted by Crippen LogP contribution is -2.23. The normalized spacial score (nSPS) is 32.8. The number of Topliss-reactive ketones (excluding diaryl/α,β-unsaturated/α-hetero) is 1. The van der Waals surface area contributed by atoms with E-state index in [9.17, 15) is 10.0 Å². The number of hydroxylamine groups is 2. The van der Waals surface area contributed by atoms with Crippen molar-refractivity contribution in [3.63, 3.8) is 0 Å². The highest BCUT2D eigenvalue weighted by molar-refractivity contribution is 6.03. The van der Waals surface area contributed by atoms with Gasteiger partial charge in [-0.25, -0.2) is 0 Å². The largest absolute Gasteiger partial charge is 0.313 e. The highest BCUT2D eigenvalue weighted by atomic mass is 16.5. The fourth-order valence-corrected chi connectivity index (χ4v) is 2.10. The summed E-state index contributed by atoms with van der Waals surface area (Å²) in [6.45, 7) is 5.95. The Hall–Kier alpha value is -1.19. The molecule has 1 aliphatic heterocycles. The minimum Gasteiger partial charge on any atom is -0.313 e. The molecule has 86 valence electrons. The lowest BCUT2D eigenvalue weighted by molar-refractivity contribution is -0.0190. The highest BCUT2D eigenvalue weighted by Gasteiger charge is 2.64. The Morgan fingerprint density at radius 3 is 2.38 bits per heavy atom. The van der Waals surface area contributed by atoms with Gasteiger partial charge in [0.1, 0.15) is 6.04 Å². The number of rotatable bonds is 3. The predicted octanol–water partition coefficient (Wildman–Crippen LogP) is 2.36. The fourth-order valence-electron chi connectivity index (χ4n) is 2.10. The number of benzene rings is 1. The summed E-state index contributed by atoms with van der Waals surface area (Å²) in [4.78, 5) is 12.1. The van der Waals surface area contributed by atoms with Crippen molar-refractivity contribution in [1.29, 1.82) is 0 Å². The van der Waals surface area contributed by atoms with Crippen molar-refractivity contribution in [3.8, 4) is 0 Å². The maximum Gasteiger partial charge on any atom is 0.184 e. The molecule has 3 atom stereocenters. The molecule has 0 bridgehead atoms. The van der Waals surface area contributed by atoms with Gasteiger partial charge in [-0.15, -0.1) is 0 Å². The van der Waals surface area contributed by atoms with Crippen LogP contribution >= 0.6 is 0 Å². The number of carbonyl (C=O) groups is 1. The van der Waals surface area contributed by atoms with Crippen LogP contribution in [0.15, 0.2) is 30.3 Å². The summed E-state index contributed by atoms with van der Waals surface area (Å²) < 4.78 is 0. The average molecular weight is 219 g/mol. The monoisotopic (exact) mass is 219 g/mol. The zero-order valence-electron chi connectivity index (χ0n) is 9.84. The third-order valence-corrected chi connectivity index (χ3v) is 3.70. The number of hydrogen-bond acceptors (Lipinski definition) is 3. The summed E-state index contributed by atoms with van der Waals surface area (Å²) in [6.07, 6.45) is 0. The standard InChI is InChI=1S/C13H17NO2/c1-9(2)13(3)12(14(13)16)11(15)10-7-5-4-6-8-10/h4-9,12,16H,1-3H3. The molecule has 1 heterocycles. The molecular weight excluding hydrogens is 202 g/mol. The third kappa shape index (κ3) is 1.47. The van der Waals surface area contributed by atoms with Crippen LogP contribution in [0, 0.1) is 5.92 Å². The van der Waals surface area contributed by atoms with Gasteiger partial charge in [-0.05, 0) is 12.8 Å². The second-order valence-corrected chi connectivity index (χ2v) is 4.86. The van der Waals surface area contributed by atoms with Crippen LogP contribution in [0.5, 0.6) is 0 Å². The van der Waals surface area contributed by atoms with E-state index >= 15 is 0 Å². The third-order valence-electron chi connectivity index (χ3n) is 3.70. The fraction of sp³-hybridized carbons (Fsp3) is 0.462. The van der Waals surface area contributed by atoms with Crippen LogP contribution in [0.4, 0.5) is 0 Å². The molecule has 1 fully saturated rings. The summed E-state index contributed by atoms with van der Waals surface area (Å²) in [5.74, 6) is 0.245. The maximum atomic E-state index is 12.1. The Morgan fingerprint density at radius 2 is 1.94 bits per heavy atom. The first-order valence-electron chi connectivity index (χ1n) is 5.57. The van der Waals surface area contributed by atoms with E-state index in [1.807, 2.05) is 39.0 Å². The molecule has 2 rings (SSSR count). The van der Waals surface area contributed by atoms with Crippen LogP contribution < -0.4 is 0 Å². The van der Waals surface area contributed by atoms with E-state index in [0.29, 0.717) is 5.56 Å². The van der Waals surface area contributed by atoms with E-state index in [1.54, 1.807) is 12.1 Å². The van der Waals surface area contributed by atoms with E-state index in [2.05, 4.69) is 0 Å². The SMILES string of the molecule is CC(C)C1(C)C(C(=O)c2ccccc2)N1O. The van der Waals surface area contributed by atoms with Crippen molar-refractivity contribution in [2.75, 3.05) is 0 Å². The van der Waals surface area contributed by atoms with Crippen LogP contribution in [-0.4, -0.2) is 27.6 Å². The molecule has 0 aliphatic carbocycles. The molecule has 0 spiro atoms. The van der Waals surface area contributed by atoms with Gasteiger partial charge in [0.15, 0.2) is 5.78 Å². The van der Waals surface area contributed by atoms with Crippen LogP contribution in [0.2, 0.25) is 0 Å². The lowest BCUT2D eigenvalue weighted by Gasteiger charge is -2.12. The van der Waals surface area contributed by atoms with E-state index in [4.69, 9.17) is 0 Å². The highest BCUT2D eigenvalue weighted by Crippen LogP contribution is 2.46. The Morgan fingerprint density at radius 1 is 1.38 bits per heavy atom. The van der Waals surface area contributed by atoms with Gasteiger partial charge in [0, 0.05) is 5.56 Å². The zero-order valence-corrected chi connectivity index (χ0v) is 9.84. The van der Waals surface area contributed by atoms with Crippen LogP contribution in [-0.2, 0) is 0 Å². The lowest BCUT2D eigenvalue weighted by atomic mass is 9.90. The van der Waals surface area contributed by atoms with Gasteiger partial charge in [0.25, 0.3) is 0 Å². The van der Waals surface area contributed by atoms with Crippen molar-refractivity contribution < 1.29 is 10.0 Å². The molecule has 3 heteroatoms. The molecule has 1 aromatic rings. The summed E-state index contributed by atoms with van der Waals surface area (Å²) in [7, 11) is 0. The Bertz CT molecular complexity index is 402. The second-order valence-electron chi connectivity index (χ2n) is 4.86. The van der Waals surface area contributed by atoms with Crippen LogP contribution in [0.25, 0.3) is 0 Å². The molecule has 1 aromatic carbocycles. The second kappa shape index (κ2) is 3.68. The first kappa shape index (κ1) is 11.3. The van der Waals surface area contributed by atoms with Crippen molar-refractivity contribution in [3.05, 3.63) is 35.9 Å². The van der Waals surface area contributed by atoms with Gasteiger partial charge in [-0.1, -0.05) is 44.2 Å². The Balaban J connectivity index is 2.21. The molecule has 3 unspecified atom stereocenters. The van der Waals surface area contributed by atoms with Gasteiger partial charge in [-0.2, -0.15) is 5.06 Å². The van der Waals surface area contributed by atoms with Crippen LogP contribution in [0.1, 0.15) is 31.1 Å². The summed E-state index contributed by atoms with van der Waals surface area (Å²) in [5, 5.41) is 10.9. The average Bonchev–Trinajstić information content (AvgIpc) is 2.84. The van der Waals surface area contributed by atoms with Crippen molar-refractivity contribution in [2.24, 2.45) is 5.92 Å². The molecule has 0 saturated carbocycles. The molecular formula is C13H17NO2. The Labute approximate surface area is 95.6 Å². The summed E-state index contributed by atoms with van der Waals surface area (Å²) in [6, 6.07) is 8.73. The summed E-state index contributed by atoms with van der Waals surface area (Å²) in [5.41, 5.74) is 0.253. The molecule has 3 nitrogen and oxygen atoms in total.